The average molecular weight is 393 g/mol. The Morgan fingerprint density at radius 3 is 2.65 bits per heavy atom. The number of fused-ring (bicyclic) bond motifs is 1. The maximum atomic E-state index is 12.2. The SMILES string of the molecule is O=C(CCNS(=O)(=O)c1cccc(Cl)c1)Nc1cccc2c1CCCC2. The molecule has 2 aromatic carbocycles. The normalized spacial score (nSPS) is 13.9. The molecule has 2 N–H and O–H groups in total. The van der Waals surface area contributed by atoms with Gasteiger partial charge >= 0.3 is 0 Å². The van der Waals surface area contributed by atoms with E-state index in [-0.39, 0.29) is 23.8 Å². The predicted molar refractivity (Wildman–Crippen MR) is 103 cm³/mol. The lowest BCUT2D eigenvalue weighted by Gasteiger charge is -2.19. The molecular formula is C19H21ClN2O3S. The van der Waals surface area contributed by atoms with Crippen LogP contribution in [0.1, 0.15) is 30.4 Å². The molecule has 0 unspecified atom stereocenters. The Balaban J connectivity index is 1.57. The number of carbonyl (C=O) groups is 1. The van der Waals surface area contributed by atoms with Crippen molar-refractivity contribution in [3.63, 3.8) is 0 Å². The van der Waals surface area contributed by atoms with E-state index in [2.05, 4.69) is 16.1 Å². The summed E-state index contributed by atoms with van der Waals surface area (Å²) >= 11 is 5.83. The zero-order valence-corrected chi connectivity index (χ0v) is 15.9. The standard InChI is InChI=1S/C19H21ClN2O3S/c20-15-7-4-8-16(13-15)26(24,25)21-12-11-19(23)22-18-10-3-6-14-5-1-2-9-17(14)18/h3-4,6-8,10,13,21H,1-2,5,9,11-12H2,(H,22,23). The number of nitrogens with one attached hydrogen (secondary N) is 2. The van der Waals surface area contributed by atoms with Crippen LogP contribution in [0.2, 0.25) is 5.02 Å². The number of rotatable bonds is 6. The first-order valence-electron chi connectivity index (χ1n) is 8.61. The summed E-state index contributed by atoms with van der Waals surface area (Å²) in [6.07, 6.45) is 4.37. The molecule has 26 heavy (non-hydrogen) atoms. The molecule has 0 saturated carbocycles. The predicted octanol–water partition coefficient (Wildman–Crippen LogP) is 3.53. The van der Waals surface area contributed by atoms with Crippen molar-refractivity contribution >= 4 is 33.2 Å². The molecule has 0 atom stereocenters. The molecule has 0 fully saturated rings. The van der Waals surface area contributed by atoms with E-state index in [0.29, 0.717) is 5.02 Å². The van der Waals surface area contributed by atoms with Crippen LogP contribution < -0.4 is 10.0 Å². The van der Waals surface area contributed by atoms with Crippen molar-refractivity contribution in [1.29, 1.82) is 0 Å². The molecule has 2 aromatic rings. The van der Waals surface area contributed by atoms with Crippen LogP contribution in [0, 0.1) is 0 Å². The highest BCUT2D eigenvalue weighted by molar-refractivity contribution is 7.89. The van der Waals surface area contributed by atoms with Crippen LogP contribution in [-0.4, -0.2) is 20.9 Å². The topological polar surface area (TPSA) is 75.3 Å². The van der Waals surface area contributed by atoms with E-state index in [1.165, 1.54) is 29.7 Å². The number of carbonyl (C=O) groups excluding carboxylic acids is 1. The molecule has 0 spiro atoms. The minimum absolute atomic E-state index is 0.0235. The molecule has 1 aliphatic rings. The summed E-state index contributed by atoms with van der Waals surface area (Å²) < 4.78 is 26.9. The van der Waals surface area contributed by atoms with Crippen molar-refractivity contribution in [3.05, 3.63) is 58.6 Å². The van der Waals surface area contributed by atoms with Crippen molar-refractivity contribution in [2.75, 3.05) is 11.9 Å². The van der Waals surface area contributed by atoms with Gasteiger partial charge in [0.1, 0.15) is 0 Å². The quantitative estimate of drug-likeness (QED) is 0.789. The molecule has 5 nitrogen and oxygen atoms in total. The van der Waals surface area contributed by atoms with Gasteiger partial charge in [0.05, 0.1) is 4.90 Å². The van der Waals surface area contributed by atoms with Gasteiger partial charge in [-0.05, 0) is 61.1 Å². The number of halogens is 1. The Morgan fingerprint density at radius 2 is 1.85 bits per heavy atom. The molecule has 0 heterocycles. The fourth-order valence-electron chi connectivity index (χ4n) is 3.13. The molecule has 0 aromatic heterocycles. The molecule has 7 heteroatoms. The summed E-state index contributed by atoms with van der Waals surface area (Å²) in [7, 11) is -3.68. The Hall–Kier alpha value is -1.89. The van der Waals surface area contributed by atoms with E-state index < -0.39 is 10.0 Å². The Morgan fingerprint density at radius 1 is 1.08 bits per heavy atom. The lowest BCUT2D eigenvalue weighted by molar-refractivity contribution is -0.116. The third kappa shape index (κ3) is 4.63. The number of aryl methyl sites for hydroxylation is 1. The van der Waals surface area contributed by atoms with Crippen molar-refractivity contribution in [1.82, 2.24) is 4.72 Å². The summed E-state index contributed by atoms with van der Waals surface area (Å²) in [5.74, 6) is -0.210. The lowest BCUT2D eigenvalue weighted by atomic mass is 9.90. The fraction of sp³-hybridized carbons (Fsp3) is 0.316. The molecule has 0 saturated heterocycles. The molecule has 1 aliphatic carbocycles. The number of amides is 1. The second kappa shape index (κ2) is 8.20. The second-order valence-corrected chi connectivity index (χ2v) is 8.51. The molecule has 138 valence electrons. The third-order valence-corrected chi connectivity index (χ3v) is 6.11. The van der Waals surface area contributed by atoms with Crippen LogP contribution in [0.3, 0.4) is 0 Å². The zero-order valence-electron chi connectivity index (χ0n) is 14.3. The summed E-state index contributed by atoms with van der Waals surface area (Å²) in [6, 6.07) is 12.0. The first-order valence-corrected chi connectivity index (χ1v) is 10.5. The maximum absolute atomic E-state index is 12.2. The van der Waals surface area contributed by atoms with Crippen molar-refractivity contribution in [2.45, 2.75) is 37.0 Å². The summed E-state index contributed by atoms with van der Waals surface area (Å²) in [5.41, 5.74) is 3.33. The van der Waals surface area contributed by atoms with Gasteiger partial charge in [-0.1, -0.05) is 29.8 Å². The van der Waals surface area contributed by atoms with Gasteiger partial charge in [-0.15, -0.1) is 0 Å². The maximum Gasteiger partial charge on any atom is 0.240 e. The van der Waals surface area contributed by atoms with Crippen LogP contribution in [0.5, 0.6) is 0 Å². The second-order valence-electron chi connectivity index (χ2n) is 6.30. The third-order valence-electron chi connectivity index (χ3n) is 4.42. The zero-order chi connectivity index (χ0) is 18.6. The van der Waals surface area contributed by atoms with Gasteiger partial charge in [-0.25, -0.2) is 13.1 Å². The number of anilines is 1. The highest BCUT2D eigenvalue weighted by Gasteiger charge is 2.16. The Labute approximate surface area is 158 Å². The van der Waals surface area contributed by atoms with Gasteiger partial charge in [0.25, 0.3) is 0 Å². The molecular weight excluding hydrogens is 372 g/mol. The average Bonchev–Trinajstić information content (AvgIpc) is 2.62. The van der Waals surface area contributed by atoms with E-state index in [0.717, 1.165) is 24.9 Å². The van der Waals surface area contributed by atoms with Gasteiger partial charge in [-0.2, -0.15) is 0 Å². The minimum Gasteiger partial charge on any atom is -0.326 e. The largest absolute Gasteiger partial charge is 0.326 e. The molecule has 1 amide bonds. The van der Waals surface area contributed by atoms with Gasteiger partial charge in [0.15, 0.2) is 0 Å². The summed E-state index contributed by atoms with van der Waals surface area (Å²) in [6.45, 7) is 0.0235. The number of benzene rings is 2. The van der Waals surface area contributed by atoms with Crippen LogP contribution in [-0.2, 0) is 27.7 Å². The number of hydrogen-bond donors (Lipinski definition) is 2. The van der Waals surface area contributed by atoms with Crippen LogP contribution in [0.4, 0.5) is 5.69 Å². The first-order chi connectivity index (χ1) is 12.5. The van der Waals surface area contributed by atoms with E-state index in [4.69, 9.17) is 11.6 Å². The fourth-order valence-corrected chi connectivity index (χ4v) is 4.46. The van der Waals surface area contributed by atoms with Crippen LogP contribution in [0.25, 0.3) is 0 Å². The van der Waals surface area contributed by atoms with Crippen molar-refractivity contribution in [3.8, 4) is 0 Å². The molecule has 0 aliphatic heterocycles. The van der Waals surface area contributed by atoms with Gasteiger partial charge in [-0.3, -0.25) is 4.79 Å². The summed E-state index contributed by atoms with van der Waals surface area (Å²) in [4.78, 5) is 12.3. The van der Waals surface area contributed by atoms with Gasteiger partial charge in [0, 0.05) is 23.7 Å². The molecule has 0 bridgehead atoms. The highest BCUT2D eigenvalue weighted by atomic mass is 35.5. The highest BCUT2D eigenvalue weighted by Crippen LogP contribution is 2.27. The van der Waals surface area contributed by atoms with Gasteiger partial charge < -0.3 is 5.32 Å². The van der Waals surface area contributed by atoms with Crippen LogP contribution in [0.15, 0.2) is 47.4 Å². The Bertz CT molecular complexity index is 913. The van der Waals surface area contributed by atoms with E-state index >= 15 is 0 Å². The van der Waals surface area contributed by atoms with E-state index in [1.54, 1.807) is 12.1 Å². The van der Waals surface area contributed by atoms with Crippen molar-refractivity contribution < 1.29 is 13.2 Å². The lowest BCUT2D eigenvalue weighted by Crippen LogP contribution is -2.28. The minimum atomic E-state index is -3.68. The summed E-state index contributed by atoms with van der Waals surface area (Å²) in [5, 5.41) is 3.26. The Kier molecular flexibility index (Phi) is 5.96. The molecule has 3 rings (SSSR count). The van der Waals surface area contributed by atoms with Crippen molar-refractivity contribution in [2.24, 2.45) is 0 Å². The first kappa shape index (κ1) is 18.9. The number of sulfonamides is 1. The van der Waals surface area contributed by atoms with E-state index in [1.807, 2.05) is 12.1 Å². The number of hydrogen-bond acceptors (Lipinski definition) is 3. The van der Waals surface area contributed by atoms with E-state index in [9.17, 15) is 13.2 Å². The van der Waals surface area contributed by atoms with Crippen LogP contribution >= 0.6 is 11.6 Å². The molecule has 0 radical (unpaired) electrons. The smallest absolute Gasteiger partial charge is 0.240 e. The monoisotopic (exact) mass is 392 g/mol. The van der Waals surface area contributed by atoms with Gasteiger partial charge in [0.2, 0.25) is 15.9 Å².